The molecule has 0 unspecified atom stereocenters. The Bertz CT molecular complexity index is 651. The number of aryl methyl sites for hydroxylation is 1. The summed E-state index contributed by atoms with van der Waals surface area (Å²) in [5.74, 6) is 1.03. The molecule has 22 heavy (non-hydrogen) atoms. The van der Waals surface area contributed by atoms with Crippen LogP contribution in [0, 0.1) is 0 Å². The van der Waals surface area contributed by atoms with E-state index >= 15 is 0 Å². The maximum Gasteiger partial charge on any atom is 0.246 e. The standard InChI is InChI=1S/C17H22N4O/c1-3-7-15(20-8-5-6-9-20)17(22)21-11-13-10-18-16(4-2)19-14(13)12-21/h5-6,8-10,15H,3-4,7,11-12H2,1-2H3/t15-/m1/s1. The fourth-order valence-corrected chi connectivity index (χ4v) is 2.96. The van der Waals surface area contributed by atoms with Crippen LogP contribution in [0.25, 0.3) is 0 Å². The lowest BCUT2D eigenvalue weighted by Gasteiger charge is -2.24. The SMILES string of the molecule is CCC[C@H](C(=O)N1Cc2cnc(CC)nc2C1)n1cccc1. The molecule has 1 aliphatic heterocycles. The van der Waals surface area contributed by atoms with E-state index < -0.39 is 0 Å². The number of rotatable bonds is 5. The average Bonchev–Trinajstić information content (AvgIpc) is 3.20. The lowest BCUT2D eigenvalue weighted by molar-refractivity contribution is -0.135. The van der Waals surface area contributed by atoms with Gasteiger partial charge in [-0.25, -0.2) is 9.97 Å². The van der Waals surface area contributed by atoms with E-state index in [0.29, 0.717) is 13.1 Å². The van der Waals surface area contributed by atoms with Crippen LogP contribution >= 0.6 is 0 Å². The van der Waals surface area contributed by atoms with Crippen LogP contribution < -0.4 is 0 Å². The summed E-state index contributed by atoms with van der Waals surface area (Å²) in [6.45, 7) is 5.38. The summed E-state index contributed by atoms with van der Waals surface area (Å²) in [6, 6.07) is 3.81. The maximum absolute atomic E-state index is 12.9. The molecule has 3 rings (SSSR count). The van der Waals surface area contributed by atoms with E-state index in [4.69, 9.17) is 0 Å². The predicted octanol–water partition coefficient (Wildman–Crippen LogP) is 2.72. The summed E-state index contributed by atoms with van der Waals surface area (Å²) in [4.78, 5) is 23.7. The molecule has 3 heterocycles. The third-order valence-electron chi connectivity index (χ3n) is 4.17. The van der Waals surface area contributed by atoms with Crippen molar-refractivity contribution in [2.24, 2.45) is 0 Å². The van der Waals surface area contributed by atoms with Crippen molar-refractivity contribution in [1.29, 1.82) is 0 Å². The molecule has 2 aromatic heterocycles. The summed E-state index contributed by atoms with van der Waals surface area (Å²) < 4.78 is 2.01. The molecule has 0 bridgehead atoms. The van der Waals surface area contributed by atoms with Crippen LogP contribution in [-0.4, -0.2) is 25.3 Å². The van der Waals surface area contributed by atoms with Crippen molar-refractivity contribution < 1.29 is 4.79 Å². The summed E-state index contributed by atoms with van der Waals surface area (Å²) in [5.41, 5.74) is 2.08. The molecule has 5 heteroatoms. The second kappa shape index (κ2) is 6.30. The summed E-state index contributed by atoms with van der Waals surface area (Å²) in [5, 5.41) is 0. The Balaban J connectivity index is 1.78. The van der Waals surface area contributed by atoms with Gasteiger partial charge in [0.15, 0.2) is 0 Å². The average molecular weight is 298 g/mol. The zero-order valence-corrected chi connectivity index (χ0v) is 13.2. The van der Waals surface area contributed by atoms with E-state index in [1.165, 1.54) is 0 Å². The molecule has 2 aromatic rings. The van der Waals surface area contributed by atoms with E-state index in [0.717, 1.165) is 36.3 Å². The van der Waals surface area contributed by atoms with Gasteiger partial charge in [0.05, 0.1) is 12.2 Å². The minimum atomic E-state index is -0.118. The summed E-state index contributed by atoms with van der Waals surface area (Å²) in [6.07, 6.45) is 8.47. The number of amides is 1. The van der Waals surface area contributed by atoms with Crippen molar-refractivity contribution in [3.05, 3.63) is 47.8 Å². The third kappa shape index (κ3) is 2.75. The number of hydrogen-bond donors (Lipinski definition) is 0. The molecule has 0 spiro atoms. The van der Waals surface area contributed by atoms with Gasteiger partial charge in [-0.1, -0.05) is 20.3 Å². The van der Waals surface area contributed by atoms with Gasteiger partial charge in [-0.05, 0) is 18.6 Å². The van der Waals surface area contributed by atoms with Crippen molar-refractivity contribution in [1.82, 2.24) is 19.4 Å². The number of carbonyl (C=O) groups is 1. The number of carbonyl (C=O) groups excluding carboxylic acids is 1. The first-order valence-electron chi connectivity index (χ1n) is 7.97. The molecular weight excluding hydrogens is 276 g/mol. The Morgan fingerprint density at radius 1 is 1.27 bits per heavy atom. The molecule has 0 saturated heterocycles. The summed E-state index contributed by atoms with van der Waals surface area (Å²) >= 11 is 0. The topological polar surface area (TPSA) is 51.0 Å². The van der Waals surface area contributed by atoms with Crippen molar-refractivity contribution >= 4 is 5.91 Å². The van der Waals surface area contributed by atoms with Crippen LogP contribution in [0.5, 0.6) is 0 Å². The molecule has 0 aliphatic carbocycles. The van der Waals surface area contributed by atoms with Gasteiger partial charge in [-0.15, -0.1) is 0 Å². The van der Waals surface area contributed by atoms with Gasteiger partial charge < -0.3 is 9.47 Å². The first-order chi connectivity index (χ1) is 10.7. The first-order valence-corrected chi connectivity index (χ1v) is 7.97. The molecule has 5 nitrogen and oxygen atoms in total. The van der Waals surface area contributed by atoms with Gasteiger partial charge in [-0.2, -0.15) is 0 Å². The number of hydrogen-bond acceptors (Lipinski definition) is 3. The minimum absolute atomic E-state index is 0.118. The molecule has 0 saturated carbocycles. The second-order valence-corrected chi connectivity index (χ2v) is 5.74. The Morgan fingerprint density at radius 2 is 2.05 bits per heavy atom. The van der Waals surface area contributed by atoms with Crippen molar-refractivity contribution in [3.8, 4) is 0 Å². The molecule has 1 atom stereocenters. The van der Waals surface area contributed by atoms with Crippen LogP contribution in [0.3, 0.4) is 0 Å². The van der Waals surface area contributed by atoms with Gasteiger partial charge in [0.25, 0.3) is 0 Å². The first kappa shape index (κ1) is 14.8. The smallest absolute Gasteiger partial charge is 0.246 e. The van der Waals surface area contributed by atoms with Crippen molar-refractivity contribution in [2.75, 3.05) is 0 Å². The molecule has 0 N–H and O–H groups in total. The number of nitrogens with zero attached hydrogens (tertiary/aromatic N) is 4. The van der Waals surface area contributed by atoms with Crippen LogP contribution in [0.1, 0.15) is 49.8 Å². The van der Waals surface area contributed by atoms with Crippen LogP contribution in [-0.2, 0) is 24.3 Å². The second-order valence-electron chi connectivity index (χ2n) is 5.74. The Morgan fingerprint density at radius 3 is 2.73 bits per heavy atom. The van der Waals surface area contributed by atoms with E-state index in [2.05, 4.69) is 16.9 Å². The van der Waals surface area contributed by atoms with Crippen LogP contribution in [0.15, 0.2) is 30.7 Å². The molecule has 0 fully saturated rings. The fraction of sp³-hybridized carbons (Fsp3) is 0.471. The minimum Gasteiger partial charge on any atom is -0.342 e. The quantitative estimate of drug-likeness (QED) is 0.853. The Hall–Kier alpha value is -2.17. The maximum atomic E-state index is 12.9. The highest BCUT2D eigenvalue weighted by Crippen LogP contribution is 2.25. The Labute approximate surface area is 131 Å². The zero-order valence-electron chi connectivity index (χ0n) is 13.2. The molecule has 0 aromatic carbocycles. The largest absolute Gasteiger partial charge is 0.342 e. The van der Waals surface area contributed by atoms with Gasteiger partial charge in [0.2, 0.25) is 5.91 Å². The van der Waals surface area contributed by atoms with Crippen LogP contribution in [0.4, 0.5) is 0 Å². The zero-order chi connectivity index (χ0) is 15.5. The summed E-state index contributed by atoms with van der Waals surface area (Å²) in [7, 11) is 0. The lowest BCUT2D eigenvalue weighted by Crippen LogP contribution is -2.33. The van der Waals surface area contributed by atoms with E-state index in [1.807, 2.05) is 47.1 Å². The Kier molecular flexibility index (Phi) is 4.22. The molecule has 1 amide bonds. The van der Waals surface area contributed by atoms with Gasteiger partial charge in [0.1, 0.15) is 11.9 Å². The van der Waals surface area contributed by atoms with E-state index in [1.54, 1.807) is 0 Å². The highest BCUT2D eigenvalue weighted by molar-refractivity contribution is 5.81. The highest BCUT2D eigenvalue weighted by atomic mass is 16.2. The van der Waals surface area contributed by atoms with Crippen LogP contribution in [0.2, 0.25) is 0 Å². The van der Waals surface area contributed by atoms with Crippen molar-refractivity contribution in [2.45, 2.75) is 52.2 Å². The third-order valence-corrected chi connectivity index (χ3v) is 4.17. The monoisotopic (exact) mass is 298 g/mol. The van der Waals surface area contributed by atoms with E-state index in [9.17, 15) is 4.79 Å². The predicted molar refractivity (Wildman–Crippen MR) is 84.0 cm³/mol. The normalized spacial score (nSPS) is 14.9. The molecule has 0 radical (unpaired) electrons. The lowest BCUT2D eigenvalue weighted by atomic mass is 10.1. The fourth-order valence-electron chi connectivity index (χ4n) is 2.96. The molecule has 1 aliphatic rings. The van der Waals surface area contributed by atoms with Gasteiger partial charge in [-0.3, -0.25) is 4.79 Å². The highest BCUT2D eigenvalue weighted by Gasteiger charge is 2.30. The molecular formula is C17H22N4O. The number of aromatic nitrogens is 3. The number of fused-ring (bicyclic) bond motifs is 1. The molecule has 116 valence electrons. The van der Waals surface area contributed by atoms with Gasteiger partial charge >= 0.3 is 0 Å². The van der Waals surface area contributed by atoms with E-state index in [-0.39, 0.29) is 11.9 Å². The van der Waals surface area contributed by atoms with Gasteiger partial charge in [0, 0.05) is 37.1 Å². The van der Waals surface area contributed by atoms with Crippen molar-refractivity contribution in [3.63, 3.8) is 0 Å².